The van der Waals surface area contributed by atoms with Gasteiger partial charge >= 0.3 is 269 Å². The Labute approximate surface area is 312 Å². The zero-order chi connectivity index (χ0) is 37.8. The van der Waals surface area contributed by atoms with E-state index in [0.717, 1.165) is 42.6 Å². The molecule has 3 N–H and O–H groups in total. The molecule has 0 aliphatic rings. The second kappa shape index (κ2) is 18.7. The Bertz CT molecular complexity index is 2260. The van der Waals surface area contributed by atoms with Crippen molar-refractivity contribution >= 4 is 64.9 Å². The van der Waals surface area contributed by atoms with Crippen molar-refractivity contribution in [3.8, 4) is 31.4 Å². The van der Waals surface area contributed by atoms with Gasteiger partial charge in [-0.05, 0) is 6.07 Å². The third-order valence-electron chi connectivity index (χ3n) is 7.15. The monoisotopic (exact) mass is 826 g/mol. The summed E-state index contributed by atoms with van der Waals surface area (Å²) in [5.74, 6) is -1.19. The number of aryl methyl sites for hydroxylation is 3. The van der Waals surface area contributed by atoms with Crippen LogP contribution in [0.1, 0.15) is 42.3 Å². The molecule has 6 rings (SSSR count). The maximum atomic E-state index is 11.8. The maximum absolute atomic E-state index is 11.8. The summed E-state index contributed by atoms with van der Waals surface area (Å²) in [4.78, 5) is 46.7. The van der Waals surface area contributed by atoms with Crippen molar-refractivity contribution in [1.29, 1.82) is 0 Å². The number of pyridine rings is 2. The number of hydrogen-bond acceptors (Lipinski definition) is 9. The van der Waals surface area contributed by atoms with Crippen LogP contribution in [0, 0.1) is 33.9 Å². The van der Waals surface area contributed by atoms with Crippen molar-refractivity contribution < 1.29 is 29.5 Å². The summed E-state index contributed by atoms with van der Waals surface area (Å²) in [6, 6.07) is 18.2. The molecule has 52 heavy (non-hydrogen) atoms. The molecule has 4 heterocycles. The first kappa shape index (κ1) is 39.3. The van der Waals surface area contributed by atoms with Gasteiger partial charge in [-0.1, -0.05) is 6.07 Å². The van der Waals surface area contributed by atoms with Crippen LogP contribution >= 0.6 is 0 Å². The summed E-state index contributed by atoms with van der Waals surface area (Å²) in [7, 11) is -1.40. The van der Waals surface area contributed by atoms with Crippen LogP contribution in [0.3, 0.4) is 0 Å². The third-order valence-corrected chi connectivity index (χ3v) is 12.1. The minimum atomic E-state index is -1.40. The van der Waals surface area contributed by atoms with Crippen molar-refractivity contribution in [2.45, 2.75) is 27.7 Å². The molecule has 0 bridgehead atoms. The topological polar surface area (TPSA) is 164 Å². The van der Waals surface area contributed by atoms with Gasteiger partial charge in [0.2, 0.25) is 0 Å². The van der Waals surface area contributed by atoms with Gasteiger partial charge in [0.05, 0.1) is 0 Å². The quantitative estimate of drug-likeness (QED) is 0.109. The van der Waals surface area contributed by atoms with Crippen LogP contribution in [0.2, 0.25) is 0 Å². The molecule has 0 aliphatic heterocycles. The molecule has 6 aromatic rings. The van der Waals surface area contributed by atoms with Gasteiger partial charge in [0.15, 0.2) is 0 Å². The number of hydrogen-bond donors (Lipinski definition) is 3. The van der Waals surface area contributed by atoms with E-state index in [1.807, 2.05) is 56.3 Å². The Hall–Kier alpha value is -5.50. The summed E-state index contributed by atoms with van der Waals surface area (Å²) in [6.45, 7) is 22.2. The standard InChI is InChI=1S/C17H11N3O2Se.C15H14N2O2Se.C5H6BNO2/c1-10-15(17(21)22)23-16(20-10)11-5-6-13(14(8-11)18-2)12-4-3-7-19-9-12;1-5-19-15(18)13-10(3)17-14(20-13)11-7-6-9(2)12(8-11)16-4;8-6(9)5-2-1-3-7-4-5/h3-9H,1H3,(H,21,22);6-8H,5H2,1-3H3;1-4,8-9H. The Kier molecular flexibility index (Phi) is 14.1. The third kappa shape index (κ3) is 10.1. The number of rotatable bonds is 7. The predicted octanol–water partition coefficient (Wildman–Crippen LogP) is 5.34. The number of ether oxygens (including phenoxy) is 1. The van der Waals surface area contributed by atoms with Gasteiger partial charge in [0.25, 0.3) is 0 Å². The molecule has 0 unspecified atom stereocenters. The Balaban J connectivity index is 0.000000190. The second-order valence-corrected chi connectivity index (χ2v) is 14.9. The number of aromatic nitrogens is 4. The zero-order valence-electron chi connectivity index (χ0n) is 28.4. The fourth-order valence-corrected chi connectivity index (χ4v) is 8.44. The van der Waals surface area contributed by atoms with Crippen molar-refractivity contribution in [1.82, 2.24) is 19.9 Å². The summed E-state index contributed by atoms with van der Waals surface area (Å²) in [6.07, 6.45) is 6.39. The Morgan fingerprint density at radius 1 is 0.788 bits per heavy atom. The van der Waals surface area contributed by atoms with Gasteiger partial charge in [0.1, 0.15) is 0 Å². The summed E-state index contributed by atoms with van der Waals surface area (Å²) >= 11 is -0.504. The van der Waals surface area contributed by atoms with Crippen LogP contribution in [0.25, 0.3) is 41.1 Å². The predicted molar refractivity (Wildman–Crippen MR) is 200 cm³/mol. The van der Waals surface area contributed by atoms with Crippen molar-refractivity contribution in [3.05, 3.63) is 134 Å². The first-order valence-electron chi connectivity index (χ1n) is 15.5. The summed E-state index contributed by atoms with van der Waals surface area (Å²) < 4.78 is 7.70. The van der Waals surface area contributed by atoms with E-state index >= 15 is 0 Å². The molecule has 0 aliphatic carbocycles. The van der Waals surface area contributed by atoms with Crippen molar-refractivity contribution in [2.75, 3.05) is 6.61 Å². The summed E-state index contributed by atoms with van der Waals surface area (Å²) in [5, 5.41) is 26.2. The summed E-state index contributed by atoms with van der Waals surface area (Å²) in [5.41, 5.74) is 7.19. The van der Waals surface area contributed by atoms with E-state index in [2.05, 4.69) is 29.6 Å². The fraction of sp³-hybridized carbons (Fsp3) is 0.135. The van der Waals surface area contributed by atoms with E-state index in [4.69, 9.17) is 27.9 Å². The number of benzene rings is 2. The SMILES string of the molecule is OB(O)c1cccnc1.[C-]#[N+]c1cc(-c2nc(C)c(C(=O)O)[se]2)ccc1-c1cccnc1.[C-]#[N+]c1cc(-c2nc(C)c(C(=O)OCC)[se]2)ccc1C. The van der Waals surface area contributed by atoms with Crippen molar-refractivity contribution in [3.63, 3.8) is 0 Å². The van der Waals surface area contributed by atoms with Crippen LogP contribution in [0.5, 0.6) is 0 Å². The minimum absolute atomic E-state index is 0.162. The van der Waals surface area contributed by atoms with Crippen LogP contribution < -0.4 is 5.46 Å². The van der Waals surface area contributed by atoms with Gasteiger partial charge in [-0.25, -0.2) is 0 Å². The average Bonchev–Trinajstić information content (AvgIpc) is 3.75. The number of carbonyl (C=O) groups is 2. The Morgan fingerprint density at radius 2 is 1.37 bits per heavy atom. The first-order chi connectivity index (χ1) is 25.0. The van der Waals surface area contributed by atoms with Gasteiger partial charge in [0, 0.05) is 17.9 Å². The molecule has 0 fully saturated rings. The van der Waals surface area contributed by atoms with Gasteiger partial charge in [-0.2, -0.15) is 0 Å². The first-order valence-corrected chi connectivity index (χ1v) is 18.9. The zero-order valence-corrected chi connectivity index (χ0v) is 31.9. The van der Waals surface area contributed by atoms with E-state index in [0.29, 0.717) is 38.0 Å². The van der Waals surface area contributed by atoms with Crippen LogP contribution in [0.4, 0.5) is 11.4 Å². The average molecular weight is 824 g/mol. The number of aromatic carboxylic acids is 1. The molecule has 0 atom stereocenters. The fourth-order valence-electron chi connectivity index (χ4n) is 4.54. The van der Waals surface area contributed by atoms with E-state index in [9.17, 15) is 14.7 Å². The molecule has 0 spiro atoms. The van der Waals surface area contributed by atoms with Crippen LogP contribution in [-0.2, 0) is 4.74 Å². The second-order valence-electron chi connectivity index (χ2n) is 10.8. The van der Waals surface area contributed by atoms with Crippen LogP contribution in [-0.4, -0.2) is 89.8 Å². The Morgan fingerprint density at radius 3 is 1.87 bits per heavy atom. The molecule has 12 nitrogen and oxygen atoms in total. The molecular weight excluding hydrogens is 793 g/mol. The number of carboxylic acid groups (broad SMARTS) is 1. The number of carbonyl (C=O) groups excluding carboxylic acids is 1. The molecule has 15 heteroatoms. The normalized spacial score (nSPS) is 10.0. The van der Waals surface area contributed by atoms with Crippen LogP contribution in [0.15, 0.2) is 85.5 Å². The molecule has 2 aromatic carbocycles. The van der Waals surface area contributed by atoms with Gasteiger partial charge in [-0.3, -0.25) is 4.98 Å². The van der Waals surface area contributed by atoms with Gasteiger partial charge in [-0.15, -0.1) is 0 Å². The molecule has 0 saturated heterocycles. The van der Waals surface area contributed by atoms with E-state index in [-0.39, 0.29) is 35.0 Å². The number of esters is 1. The van der Waals surface area contributed by atoms with Crippen molar-refractivity contribution in [2.24, 2.45) is 0 Å². The molecular formula is C37H31BN6O6Se2. The molecule has 4 aromatic heterocycles. The molecule has 0 saturated carbocycles. The van der Waals surface area contributed by atoms with E-state index in [1.165, 1.54) is 6.20 Å². The molecule has 0 amide bonds. The molecule has 0 radical (unpaired) electrons. The molecule has 260 valence electrons. The number of nitrogens with zero attached hydrogens (tertiary/aromatic N) is 6. The van der Waals surface area contributed by atoms with Gasteiger partial charge < -0.3 is 10.0 Å². The van der Waals surface area contributed by atoms with E-state index < -0.39 is 13.1 Å². The number of carboxylic acids is 1. The van der Waals surface area contributed by atoms with E-state index in [1.54, 1.807) is 50.6 Å².